The Labute approximate surface area is 983 Å². The van der Waals surface area contributed by atoms with E-state index in [1.807, 2.05) is 91.5 Å². The van der Waals surface area contributed by atoms with E-state index in [1.165, 1.54) is 51.4 Å². The normalized spacial score (nSPS) is 16.1. The summed E-state index contributed by atoms with van der Waals surface area (Å²) in [5, 5.41) is 40.9. The molecule has 21 rings (SSSR count). The van der Waals surface area contributed by atoms with Crippen LogP contribution in [-0.4, -0.2) is 217 Å². The van der Waals surface area contributed by atoms with Crippen LogP contribution in [0.1, 0.15) is 185 Å². The van der Waals surface area contributed by atoms with Gasteiger partial charge in [0.15, 0.2) is 0 Å². The quantitative estimate of drug-likeness (QED) is 0.0446. The van der Waals surface area contributed by atoms with E-state index in [0.29, 0.717) is 128 Å². The molecule has 6 fully saturated rings. The fourth-order valence-electron chi connectivity index (χ4n) is 18.6. The number of nitrogens with zero attached hydrogens (tertiary/aromatic N) is 13. The molecule has 6 aliphatic rings. The summed E-state index contributed by atoms with van der Waals surface area (Å²) >= 11 is 88.5. The molecule has 3 saturated carbocycles. The number of amides is 5. The fourth-order valence-corrected chi connectivity index (χ4v) is 36.5. The Morgan fingerprint density at radius 2 is 0.521 bits per heavy atom. The predicted molar refractivity (Wildman–Crippen MR) is 618 cm³/mol. The monoisotopic (exact) mass is 2940 g/mol. The molecule has 13 heterocycles. The molecule has 2 atom stereocenters. The number of halogens is 17. The molecule has 764 valence electrons. The van der Waals surface area contributed by atoms with Gasteiger partial charge >= 0.3 is 996 Å². The van der Waals surface area contributed by atoms with Gasteiger partial charge in [0.2, 0.25) is 0 Å². The molecule has 0 spiro atoms. The zero-order valence-electron chi connectivity index (χ0n) is 78.0. The Balaban J connectivity index is 0.000000125. The van der Waals surface area contributed by atoms with Crippen LogP contribution in [0.15, 0.2) is 177 Å². The van der Waals surface area contributed by atoms with Crippen LogP contribution >= 0.6 is 228 Å². The molecule has 45 heteroatoms. The Bertz CT molecular complexity index is 6950. The third kappa shape index (κ3) is 27.1. The van der Waals surface area contributed by atoms with E-state index in [-0.39, 0.29) is 114 Å². The van der Waals surface area contributed by atoms with E-state index in [4.69, 9.17) is 126 Å². The second-order valence-corrected chi connectivity index (χ2v) is 62.9. The summed E-state index contributed by atoms with van der Waals surface area (Å²) < 4.78 is 21.5. The van der Waals surface area contributed by atoms with Crippen molar-refractivity contribution in [3.63, 3.8) is 0 Å². The van der Waals surface area contributed by atoms with Crippen LogP contribution in [0.2, 0.25) is 50.2 Å². The zero-order valence-corrected chi connectivity index (χ0v) is 105. The van der Waals surface area contributed by atoms with Gasteiger partial charge in [0, 0.05) is 0 Å². The van der Waals surface area contributed by atoms with Gasteiger partial charge in [-0.3, -0.25) is 0 Å². The van der Waals surface area contributed by atoms with Crippen LogP contribution < -0.4 is 26.9 Å². The number of nitrogens with one attached hydrogen (secondary N) is 5. The predicted octanol–water partition coefficient (Wildman–Crippen LogP) is 28.2. The zero-order chi connectivity index (χ0) is 103. The standard InChI is InChI=1S/C22H21BrCl2N4OSe.C21H20BrCl2N3OSe.C20H19BrCl2N4OSe.C19H16Br2Cl2N4OSe.C19H15Br2Cl2N3OSe/c1-12-20(22(30)27-28-10-13-3-2-4-14(13)11-28)26-29(17-6-5-15(24)9-16(17)25)21(12)18-7-8-19(23)31-18;1-12-19(21(28)25-14-5-3-2-4-6-14)26-27(16-8-7-13(23)11-15(16)24)20(12)17-9-10-18(22)29-17;1-12-18(20(28)25-26-9-3-2-4-10-26)24-27(15-6-5-13(22)11-14(15)23)19(12)16-7-8-17(21)29-16;20-15-7-6-14(29-15)18-16(21)17(19(28)25-26-8-2-1-3-9-26)24-27(18)13-5-4-11(22)10-12(13)23;20-15-8-7-14(28-15)18-16(21)17(19(27)24-11-3-1-2-4-11)25-26(18)13-6-5-10(22)9-12(13)23/h5-9,13-14H,2-4,10-11H2,1H3,(H,27,30);7-11,14H,2-6H2,1H3,(H,25,28);5-8,11H,2-4,9-10H2,1H3,(H,25,28);4-7,10H,1-3,8-9H2,(H,25,28);5-9,11H,1-4H2,(H,24,27). The molecule has 10 aromatic heterocycles. The van der Waals surface area contributed by atoms with Crippen molar-refractivity contribution >= 4 is 330 Å². The Morgan fingerprint density at radius 1 is 0.281 bits per heavy atom. The van der Waals surface area contributed by atoms with E-state index in [2.05, 4.69) is 189 Å². The van der Waals surface area contributed by atoms with E-state index in [9.17, 15) is 24.0 Å². The maximum atomic E-state index is 13.2. The van der Waals surface area contributed by atoms with Crippen LogP contribution in [0.4, 0.5) is 0 Å². The molecule has 23 nitrogen and oxygen atoms in total. The van der Waals surface area contributed by atoms with Crippen molar-refractivity contribution in [2.24, 2.45) is 11.8 Å². The average molecular weight is 2950 g/mol. The number of hydrogen-bond acceptors (Lipinski definition) is 13. The molecule has 5 aromatic carbocycles. The molecule has 5 N–H and O–H groups in total. The number of carbonyl (C=O) groups is 5. The van der Waals surface area contributed by atoms with Crippen molar-refractivity contribution < 1.29 is 24.0 Å². The summed E-state index contributed by atoms with van der Waals surface area (Å²) in [6.45, 7) is 11.2. The summed E-state index contributed by atoms with van der Waals surface area (Å²) in [7, 11) is 0. The van der Waals surface area contributed by atoms with Gasteiger partial charge < -0.3 is 0 Å². The van der Waals surface area contributed by atoms with Crippen LogP contribution in [0, 0.1) is 32.6 Å². The van der Waals surface area contributed by atoms with Crippen molar-refractivity contribution in [1.82, 2.24) is 90.8 Å². The first-order chi connectivity index (χ1) is 70.1. The van der Waals surface area contributed by atoms with Crippen LogP contribution in [0.3, 0.4) is 0 Å². The molecule has 0 bridgehead atoms. The van der Waals surface area contributed by atoms with E-state index < -0.39 is 0 Å². The molecule has 146 heavy (non-hydrogen) atoms. The number of benzene rings is 5. The Kier molecular flexibility index (Phi) is 39.8. The van der Waals surface area contributed by atoms with Crippen molar-refractivity contribution in [3.05, 3.63) is 273 Å². The third-order valence-corrected chi connectivity index (χ3v) is 44.6. The minimum atomic E-state index is -0.234. The van der Waals surface area contributed by atoms with Gasteiger partial charge in [-0.2, -0.15) is 0 Å². The first kappa shape index (κ1) is 113. The average Bonchev–Trinajstić information content (AvgIpc) is 1.63. The van der Waals surface area contributed by atoms with E-state index in [0.717, 1.165) is 188 Å². The van der Waals surface area contributed by atoms with Crippen LogP contribution in [-0.2, 0) is 0 Å². The van der Waals surface area contributed by atoms with Crippen molar-refractivity contribution in [2.75, 3.05) is 39.3 Å². The van der Waals surface area contributed by atoms with Gasteiger partial charge in [-0.05, 0) is 0 Å². The molecule has 3 saturated heterocycles. The van der Waals surface area contributed by atoms with Gasteiger partial charge in [-0.25, -0.2) is 0 Å². The van der Waals surface area contributed by atoms with Gasteiger partial charge in [0.25, 0.3) is 0 Å². The Morgan fingerprint density at radius 3 is 0.808 bits per heavy atom. The summed E-state index contributed by atoms with van der Waals surface area (Å²) in [5.74, 6) is 0.546. The van der Waals surface area contributed by atoms with E-state index in [1.54, 1.807) is 84.1 Å². The number of hydrogen-bond donors (Lipinski definition) is 5. The summed E-state index contributed by atoms with van der Waals surface area (Å²) in [5.41, 5.74) is 21.6. The fraction of sp³-hybridized carbons (Fsp3) is 0.307. The van der Waals surface area contributed by atoms with Gasteiger partial charge in [-0.15, -0.1) is 0 Å². The minimum absolute atomic E-state index is 0.0832. The third-order valence-electron chi connectivity index (χ3n) is 25.7. The topological polar surface area (TPSA) is 244 Å². The Hall–Kier alpha value is -4.36. The second-order valence-electron chi connectivity index (χ2n) is 35.6. The van der Waals surface area contributed by atoms with Gasteiger partial charge in [0.05, 0.1) is 0 Å². The molecule has 15 aromatic rings. The van der Waals surface area contributed by atoms with Crippen molar-refractivity contribution in [3.8, 4) is 79.1 Å². The molecule has 2 unspecified atom stereocenters. The second kappa shape index (κ2) is 51.6. The number of carbonyl (C=O) groups excluding carboxylic acids is 5. The number of hydrazine groups is 3. The first-order valence-electron chi connectivity index (χ1n) is 46.9. The molecular weight excluding hydrogens is 2850 g/mol. The van der Waals surface area contributed by atoms with Gasteiger partial charge in [-0.1, -0.05) is 0 Å². The molecular formula is C101H91Br7Cl10N18O5Se5. The molecule has 0 radical (unpaired) electrons. The SMILES string of the molecule is Cc1c(C(=O)NC2CCCCC2)nn(-c2ccc(Cl)cc2Cl)c1-c1ccc(Br)[se]1.Cc1c(C(=O)NN2CC3CCCC3C2)nn(-c2ccc(Cl)cc2Cl)c1-c1ccc(Br)[se]1.Cc1c(C(=O)NN2CCCCC2)nn(-c2ccc(Cl)cc2Cl)c1-c1ccc(Br)[se]1.O=C(NC1CCCC1)c1nn(-c2ccc(Cl)cc2Cl)c(-c2ccc(Br)[se]2)c1Br.O=C(NN1CCCCC1)c1nn(-c2ccc(Cl)cc2Cl)c(-c2ccc(Br)[se]2)c1Br. The number of piperidine rings is 2. The van der Waals surface area contributed by atoms with Crippen LogP contribution in [0.5, 0.6) is 0 Å². The van der Waals surface area contributed by atoms with Gasteiger partial charge in [0.1, 0.15) is 0 Å². The van der Waals surface area contributed by atoms with Crippen LogP contribution in [0.25, 0.3) is 79.1 Å². The summed E-state index contributed by atoms with van der Waals surface area (Å²) in [4.78, 5) is 65.3. The molecule has 5 amide bonds. The number of fused-ring (bicyclic) bond motifs is 1. The summed E-state index contributed by atoms with van der Waals surface area (Å²) in [6, 6.07) is 47.4. The number of aromatic nitrogens is 10. The first-order valence-corrected chi connectivity index (χ1v) is 64.8. The molecule has 3 aliphatic carbocycles. The number of rotatable bonds is 20. The maximum absolute atomic E-state index is 13.2. The molecule has 3 aliphatic heterocycles. The van der Waals surface area contributed by atoms with E-state index >= 15 is 0 Å². The van der Waals surface area contributed by atoms with Crippen molar-refractivity contribution in [2.45, 2.75) is 148 Å². The summed E-state index contributed by atoms with van der Waals surface area (Å²) in [6.07, 6.45) is 20.6. The van der Waals surface area contributed by atoms with Crippen molar-refractivity contribution in [1.29, 1.82) is 0 Å².